The summed E-state index contributed by atoms with van der Waals surface area (Å²) in [6.07, 6.45) is 5.51. The first kappa shape index (κ1) is 14.8. The van der Waals surface area contributed by atoms with Crippen LogP contribution in [0.15, 0.2) is 35.0 Å². The van der Waals surface area contributed by atoms with Crippen LogP contribution in [0.2, 0.25) is 0 Å². The highest BCUT2D eigenvalue weighted by Gasteiger charge is 2.26. The van der Waals surface area contributed by atoms with Gasteiger partial charge in [-0.05, 0) is 44.9 Å². The molecule has 0 bridgehead atoms. The second kappa shape index (κ2) is 6.32. The summed E-state index contributed by atoms with van der Waals surface area (Å²) in [6.45, 7) is 4.98. The van der Waals surface area contributed by atoms with Crippen LogP contribution in [0.1, 0.15) is 34.7 Å². The van der Waals surface area contributed by atoms with Crippen LogP contribution in [0.25, 0.3) is 0 Å². The van der Waals surface area contributed by atoms with Crippen molar-refractivity contribution in [3.05, 3.63) is 47.7 Å². The zero-order valence-corrected chi connectivity index (χ0v) is 12.9. The fraction of sp³-hybridized carbons (Fsp3) is 0.412. The van der Waals surface area contributed by atoms with Crippen LogP contribution >= 0.6 is 0 Å². The molecule has 0 aliphatic carbocycles. The van der Waals surface area contributed by atoms with Crippen molar-refractivity contribution >= 4 is 11.6 Å². The van der Waals surface area contributed by atoms with E-state index in [-0.39, 0.29) is 12.0 Å². The van der Waals surface area contributed by atoms with Crippen molar-refractivity contribution in [2.45, 2.75) is 32.8 Å². The van der Waals surface area contributed by atoms with Crippen molar-refractivity contribution in [2.75, 3.05) is 18.1 Å². The van der Waals surface area contributed by atoms with E-state index in [2.05, 4.69) is 4.98 Å². The minimum absolute atomic E-state index is 0.0592. The van der Waals surface area contributed by atoms with Gasteiger partial charge in [-0.15, -0.1) is 0 Å². The largest absolute Gasteiger partial charge is 0.466 e. The first-order valence-corrected chi connectivity index (χ1v) is 7.55. The lowest BCUT2D eigenvalue weighted by Gasteiger charge is -2.25. The van der Waals surface area contributed by atoms with Gasteiger partial charge in [0.1, 0.15) is 11.5 Å². The number of anilines is 1. The summed E-state index contributed by atoms with van der Waals surface area (Å²) in [5.41, 5.74) is 1.43. The van der Waals surface area contributed by atoms with Crippen LogP contribution < -0.4 is 4.90 Å². The Morgan fingerprint density at radius 3 is 2.73 bits per heavy atom. The van der Waals surface area contributed by atoms with Crippen molar-refractivity contribution in [2.24, 2.45) is 0 Å². The first-order chi connectivity index (χ1) is 10.6. The van der Waals surface area contributed by atoms with Crippen LogP contribution in [0, 0.1) is 13.8 Å². The number of carbonyl (C=O) groups is 1. The molecule has 1 saturated heterocycles. The Hall–Kier alpha value is -2.14. The predicted molar refractivity (Wildman–Crippen MR) is 83.1 cm³/mol. The van der Waals surface area contributed by atoms with Gasteiger partial charge < -0.3 is 14.1 Å². The van der Waals surface area contributed by atoms with E-state index in [4.69, 9.17) is 9.15 Å². The second-order valence-electron chi connectivity index (χ2n) is 5.58. The molecule has 0 radical (unpaired) electrons. The molecule has 0 unspecified atom stereocenters. The maximum Gasteiger partial charge on any atom is 0.261 e. The number of aromatic nitrogens is 1. The topological polar surface area (TPSA) is 55.6 Å². The number of aryl methyl sites for hydroxylation is 2. The third-order valence-electron chi connectivity index (χ3n) is 3.90. The SMILES string of the molecule is Cc1cc(C(=O)N(C[C@H]2CCCO2)c2ccncc2)c(C)o1. The number of rotatable bonds is 4. The summed E-state index contributed by atoms with van der Waals surface area (Å²) in [5.74, 6) is 1.33. The molecule has 1 fully saturated rings. The average molecular weight is 300 g/mol. The number of hydrogen-bond acceptors (Lipinski definition) is 4. The molecule has 0 spiro atoms. The maximum absolute atomic E-state index is 13.0. The summed E-state index contributed by atoms with van der Waals surface area (Å²) in [5, 5.41) is 0. The lowest BCUT2D eigenvalue weighted by atomic mass is 10.1. The van der Waals surface area contributed by atoms with Crippen molar-refractivity contribution < 1.29 is 13.9 Å². The minimum atomic E-state index is -0.0592. The monoisotopic (exact) mass is 300 g/mol. The van der Waals surface area contributed by atoms with Crippen LogP contribution in [0.5, 0.6) is 0 Å². The Labute approximate surface area is 129 Å². The van der Waals surface area contributed by atoms with Gasteiger partial charge in [0.25, 0.3) is 5.91 Å². The number of hydrogen-bond donors (Lipinski definition) is 0. The number of amides is 1. The van der Waals surface area contributed by atoms with E-state index in [0.717, 1.165) is 30.9 Å². The quantitative estimate of drug-likeness (QED) is 0.870. The number of nitrogens with zero attached hydrogens (tertiary/aromatic N) is 2. The summed E-state index contributed by atoms with van der Waals surface area (Å²) in [7, 11) is 0. The Balaban J connectivity index is 1.90. The molecule has 22 heavy (non-hydrogen) atoms. The van der Waals surface area contributed by atoms with Crippen molar-refractivity contribution in [3.8, 4) is 0 Å². The molecule has 0 saturated carbocycles. The first-order valence-electron chi connectivity index (χ1n) is 7.55. The van der Waals surface area contributed by atoms with Gasteiger partial charge in [0, 0.05) is 24.7 Å². The van der Waals surface area contributed by atoms with Crippen molar-refractivity contribution in [3.63, 3.8) is 0 Å². The van der Waals surface area contributed by atoms with Crippen LogP contribution in [0.4, 0.5) is 5.69 Å². The molecule has 3 rings (SSSR count). The Bertz CT molecular complexity index is 645. The number of ether oxygens (including phenoxy) is 1. The van der Waals surface area contributed by atoms with E-state index in [9.17, 15) is 4.79 Å². The third kappa shape index (κ3) is 3.04. The van der Waals surface area contributed by atoms with Gasteiger partial charge in [-0.1, -0.05) is 0 Å². The molecule has 2 aromatic rings. The van der Waals surface area contributed by atoms with Gasteiger partial charge in [-0.25, -0.2) is 0 Å². The summed E-state index contributed by atoms with van der Waals surface area (Å²) in [4.78, 5) is 18.7. The molecule has 2 aromatic heterocycles. The normalized spacial score (nSPS) is 17.6. The van der Waals surface area contributed by atoms with E-state index in [1.54, 1.807) is 23.4 Å². The zero-order valence-electron chi connectivity index (χ0n) is 12.9. The molecule has 1 amide bonds. The highest BCUT2D eigenvalue weighted by molar-refractivity contribution is 6.06. The smallest absolute Gasteiger partial charge is 0.261 e. The Morgan fingerprint density at radius 1 is 1.36 bits per heavy atom. The lowest BCUT2D eigenvalue weighted by Crippen LogP contribution is -2.37. The molecule has 1 atom stereocenters. The van der Waals surface area contributed by atoms with E-state index in [1.807, 2.05) is 26.0 Å². The van der Waals surface area contributed by atoms with Gasteiger partial charge in [-0.3, -0.25) is 9.78 Å². The van der Waals surface area contributed by atoms with Gasteiger partial charge in [-0.2, -0.15) is 0 Å². The molecule has 116 valence electrons. The summed E-state index contributed by atoms with van der Waals surface area (Å²) >= 11 is 0. The third-order valence-corrected chi connectivity index (χ3v) is 3.90. The Kier molecular flexibility index (Phi) is 4.24. The van der Waals surface area contributed by atoms with Gasteiger partial charge in [0.15, 0.2) is 0 Å². The van der Waals surface area contributed by atoms with E-state index >= 15 is 0 Å². The minimum Gasteiger partial charge on any atom is -0.466 e. The van der Waals surface area contributed by atoms with Crippen molar-refractivity contribution in [1.82, 2.24) is 4.98 Å². The highest BCUT2D eigenvalue weighted by Crippen LogP contribution is 2.23. The molecular formula is C17H20N2O3. The number of pyridine rings is 1. The van der Waals surface area contributed by atoms with Crippen LogP contribution in [0.3, 0.4) is 0 Å². The Morgan fingerprint density at radius 2 is 2.14 bits per heavy atom. The molecule has 5 heteroatoms. The zero-order chi connectivity index (χ0) is 15.5. The van der Waals surface area contributed by atoms with Crippen LogP contribution in [-0.2, 0) is 4.74 Å². The molecule has 5 nitrogen and oxygen atoms in total. The fourth-order valence-corrected chi connectivity index (χ4v) is 2.81. The summed E-state index contributed by atoms with van der Waals surface area (Å²) in [6, 6.07) is 5.48. The lowest BCUT2D eigenvalue weighted by molar-refractivity contribution is 0.0916. The molecule has 0 aromatic carbocycles. The van der Waals surface area contributed by atoms with Gasteiger partial charge in [0.2, 0.25) is 0 Å². The number of carbonyl (C=O) groups excluding carboxylic acids is 1. The van der Waals surface area contributed by atoms with Crippen molar-refractivity contribution in [1.29, 1.82) is 0 Å². The molecule has 0 N–H and O–H groups in total. The molecule has 1 aliphatic heterocycles. The standard InChI is InChI=1S/C17H20N2O3/c1-12-10-16(13(2)22-12)17(20)19(11-15-4-3-9-21-15)14-5-7-18-8-6-14/h5-8,10,15H,3-4,9,11H2,1-2H3/t15-/m1/s1. The molecule has 1 aliphatic rings. The highest BCUT2D eigenvalue weighted by atomic mass is 16.5. The van der Waals surface area contributed by atoms with E-state index in [1.165, 1.54) is 0 Å². The summed E-state index contributed by atoms with van der Waals surface area (Å²) < 4.78 is 11.2. The number of furan rings is 1. The average Bonchev–Trinajstić information content (AvgIpc) is 3.14. The molecule has 3 heterocycles. The predicted octanol–water partition coefficient (Wildman–Crippen LogP) is 3.12. The maximum atomic E-state index is 13.0. The fourth-order valence-electron chi connectivity index (χ4n) is 2.81. The van der Waals surface area contributed by atoms with Gasteiger partial charge in [0.05, 0.1) is 18.2 Å². The van der Waals surface area contributed by atoms with E-state index < -0.39 is 0 Å². The van der Waals surface area contributed by atoms with Gasteiger partial charge >= 0.3 is 0 Å². The van der Waals surface area contributed by atoms with Crippen LogP contribution in [-0.4, -0.2) is 30.1 Å². The molecular weight excluding hydrogens is 280 g/mol. The van der Waals surface area contributed by atoms with E-state index in [0.29, 0.717) is 17.9 Å². The second-order valence-corrected chi connectivity index (χ2v) is 5.58.